The van der Waals surface area contributed by atoms with Gasteiger partial charge < -0.3 is 24.2 Å². The quantitative estimate of drug-likeness (QED) is 0.321. The Hall–Kier alpha value is -3.72. The molecule has 9 heteroatoms. The molecule has 2 heterocycles. The van der Waals surface area contributed by atoms with Gasteiger partial charge in [0.25, 0.3) is 0 Å². The third kappa shape index (κ3) is 6.53. The van der Waals surface area contributed by atoms with Gasteiger partial charge in [0.15, 0.2) is 0 Å². The first-order valence-corrected chi connectivity index (χ1v) is 15.7. The Morgan fingerprint density at radius 3 is 2.62 bits per heavy atom. The van der Waals surface area contributed by atoms with Crippen LogP contribution in [0.2, 0.25) is 0 Å². The average Bonchev–Trinajstić information content (AvgIpc) is 3.23. The molecule has 0 unspecified atom stereocenters. The van der Waals surface area contributed by atoms with Gasteiger partial charge in [0.1, 0.15) is 33.7 Å². The lowest BCUT2D eigenvalue weighted by atomic mass is 9.96. The molecule has 0 aromatic heterocycles. The van der Waals surface area contributed by atoms with Crippen LogP contribution >= 0.6 is 0 Å². The van der Waals surface area contributed by atoms with E-state index in [2.05, 4.69) is 42.2 Å². The Morgan fingerprint density at radius 2 is 1.85 bits per heavy atom. The number of aliphatic carboxylic acids is 1. The zero-order chi connectivity index (χ0) is 28.3. The lowest BCUT2D eigenvalue weighted by Gasteiger charge is -2.23. The van der Waals surface area contributed by atoms with E-state index >= 15 is 0 Å². The molecule has 0 fully saturated rings. The second-order valence-electron chi connectivity index (χ2n) is 10.4. The smallest absolute Gasteiger partial charge is 0.304 e. The van der Waals surface area contributed by atoms with Gasteiger partial charge in [-0.05, 0) is 66.8 Å². The highest BCUT2D eigenvalue weighted by Crippen LogP contribution is 2.40. The molecule has 1 atom stereocenters. The molecular weight excluding hydrogens is 530 g/mol. The Balaban J connectivity index is 1.32. The normalized spacial score (nSPS) is 15.8. The molecule has 8 nitrogen and oxygen atoms in total. The highest BCUT2D eigenvalue weighted by molar-refractivity contribution is 7.90. The number of fused-ring (bicyclic) bond motifs is 4. The molecule has 212 valence electrons. The van der Waals surface area contributed by atoms with Crippen LogP contribution in [-0.2, 0) is 27.7 Å². The average molecular weight is 566 g/mol. The number of nitrogens with zero attached hydrogens (tertiary/aromatic N) is 1. The molecule has 0 amide bonds. The Morgan fingerprint density at radius 1 is 1.05 bits per heavy atom. The van der Waals surface area contributed by atoms with Crippen molar-refractivity contribution in [2.45, 2.75) is 38.7 Å². The van der Waals surface area contributed by atoms with E-state index in [0.29, 0.717) is 37.7 Å². The van der Waals surface area contributed by atoms with Gasteiger partial charge in [0, 0.05) is 48.1 Å². The fraction of sp³-hybridized carbons (Fsp3) is 0.387. The summed E-state index contributed by atoms with van der Waals surface area (Å²) in [5.41, 5.74) is 6.63. The number of sulfone groups is 1. The third-order valence-electron chi connectivity index (χ3n) is 7.42. The molecule has 40 heavy (non-hydrogen) atoms. The van der Waals surface area contributed by atoms with Crippen LogP contribution in [-0.4, -0.2) is 57.8 Å². The maximum Gasteiger partial charge on any atom is 0.304 e. The third-order valence-corrected chi connectivity index (χ3v) is 8.45. The lowest BCUT2D eigenvalue weighted by molar-refractivity contribution is -0.137. The van der Waals surface area contributed by atoms with E-state index in [9.17, 15) is 13.2 Å². The Kier molecular flexibility index (Phi) is 8.21. The second-order valence-corrected chi connectivity index (χ2v) is 12.7. The molecule has 2 aliphatic heterocycles. The SMILES string of the molecule is CCN1CCc2cc(OCCCS(C)(=O)=O)ccc2-c2cc(COc3ccc4c(c3)OC[C@H]4CC(=O)O)ccc21. The minimum atomic E-state index is -3.00. The number of carbonyl (C=O) groups is 1. The van der Waals surface area contributed by atoms with Gasteiger partial charge in [-0.15, -0.1) is 0 Å². The van der Waals surface area contributed by atoms with Crippen LogP contribution in [0, 0.1) is 0 Å². The van der Waals surface area contributed by atoms with Crippen molar-refractivity contribution in [3.63, 3.8) is 0 Å². The largest absolute Gasteiger partial charge is 0.494 e. The number of hydrogen-bond donors (Lipinski definition) is 1. The molecule has 0 aliphatic carbocycles. The molecule has 0 radical (unpaired) electrons. The topological polar surface area (TPSA) is 102 Å². The lowest BCUT2D eigenvalue weighted by Crippen LogP contribution is -2.24. The number of anilines is 1. The van der Waals surface area contributed by atoms with E-state index < -0.39 is 15.8 Å². The van der Waals surface area contributed by atoms with Gasteiger partial charge in [-0.1, -0.05) is 18.2 Å². The van der Waals surface area contributed by atoms with Gasteiger partial charge in [-0.3, -0.25) is 4.79 Å². The number of likely N-dealkylation sites (N-methyl/N-ethyl adjacent to an activating group) is 1. The van der Waals surface area contributed by atoms with Crippen LogP contribution in [0.5, 0.6) is 17.2 Å². The molecule has 2 aliphatic rings. The zero-order valence-corrected chi connectivity index (χ0v) is 23.7. The summed E-state index contributed by atoms with van der Waals surface area (Å²) in [7, 11) is -3.00. The fourth-order valence-electron chi connectivity index (χ4n) is 5.40. The van der Waals surface area contributed by atoms with Gasteiger partial charge in [0.05, 0.1) is 25.4 Å². The summed E-state index contributed by atoms with van der Waals surface area (Å²) in [6.45, 7) is 5.05. The van der Waals surface area contributed by atoms with Gasteiger partial charge in [0.2, 0.25) is 0 Å². The Labute approximate surface area is 235 Å². The molecule has 5 rings (SSSR count). The van der Waals surface area contributed by atoms with Crippen LogP contribution in [0.25, 0.3) is 11.1 Å². The first-order chi connectivity index (χ1) is 19.2. The molecule has 0 saturated heterocycles. The standard InChI is InChI=1S/C31H35NO7S/c1-3-32-12-11-22-16-24(37-13-4-14-40(2,35)36)6-8-26(22)28-15-21(5-10-29(28)32)19-38-25-7-9-27-23(17-31(33)34)20-39-30(27)18-25/h5-10,15-16,18,23H,3-4,11-14,17,19-20H2,1-2H3,(H,33,34)/t23-/m1/s1. The zero-order valence-electron chi connectivity index (χ0n) is 22.9. The van der Waals surface area contributed by atoms with Crippen LogP contribution in [0.4, 0.5) is 5.69 Å². The van der Waals surface area contributed by atoms with Gasteiger partial charge >= 0.3 is 5.97 Å². The van der Waals surface area contributed by atoms with Crippen LogP contribution in [0.1, 0.15) is 42.4 Å². The van der Waals surface area contributed by atoms with Gasteiger partial charge in [-0.2, -0.15) is 0 Å². The summed E-state index contributed by atoms with van der Waals surface area (Å²) in [5, 5.41) is 9.13. The maximum absolute atomic E-state index is 11.4. The van der Waals surface area contributed by atoms with Crippen molar-refractivity contribution in [3.8, 4) is 28.4 Å². The molecule has 3 aromatic carbocycles. The van der Waals surface area contributed by atoms with Crippen molar-refractivity contribution in [1.29, 1.82) is 0 Å². The first kappa shape index (κ1) is 27.8. The number of ether oxygens (including phenoxy) is 3. The summed E-state index contributed by atoms with van der Waals surface area (Å²) >= 11 is 0. The Bertz CT molecular complexity index is 1500. The van der Waals surface area contributed by atoms with Crippen LogP contribution in [0.3, 0.4) is 0 Å². The van der Waals surface area contributed by atoms with Crippen molar-refractivity contribution in [3.05, 3.63) is 71.3 Å². The number of benzene rings is 3. The van der Waals surface area contributed by atoms with Crippen molar-refractivity contribution in [1.82, 2.24) is 0 Å². The maximum atomic E-state index is 11.4. The summed E-state index contributed by atoms with van der Waals surface area (Å²) in [5.74, 6) is 1.27. The van der Waals surface area contributed by atoms with Crippen molar-refractivity contribution in [2.24, 2.45) is 0 Å². The highest BCUT2D eigenvalue weighted by Gasteiger charge is 2.27. The molecule has 0 spiro atoms. The molecular formula is C31H35NO7S. The summed E-state index contributed by atoms with van der Waals surface area (Å²) in [6, 6.07) is 18.2. The minimum absolute atomic E-state index is 0.0510. The van der Waals surface area contributed by atoms with Crippen molar-refractivity contribution < 1.29 is 32.5 Å². The van der Waals surface area contributed by atoms with E-state index in [1.807, 2.05) is 24.3 Å². The highest BCUT2D eigenvalue weighted by atomic mass is 32.2. The van der Waals surface area contributed by atoms with E-state index in [-0.39, 0.29) is 18.1 Å². The predicted molar refractivity (Wildman–Crippen MR) is 155 cm³/mol. The number of carboxylic acid groups (broad SMARTS) is 1. The molecule has 0 bridgehead atoms. The fourth-order valence-corrected chi connectivity index (χ4v) is 6.04. The summed E-state index contributed by atoms with van der Waals surface area (Å²) in [4.78, 5) is 13.5. The number of carboxylic acids is 1. The number of rotatable bonds is 11. The van der Waals surface area contributed by atoms with Gasteiger partial charge in [-0.25, -0.2) is 8.42 Å². The first-order valence-electron chi connectivity index (χ1n) is 13.6. The predicted octanol–water partition coefficient (Wildman–Crippen LogP) is 5.08. The van der Waals surface area contributed by atoms with E-state index in [1.54, 1.807) is 0 Å². The molecule has 0 saturated carbocycles. The summed E-state index contributed by atoms with van der Waals surface area (Å²) < 4.78 is 40.5. The van der Waals surface area contributed by atoms with E-state index in [0.717, 1.165) is 47.5 Å². The van der Waals surface area contributed by atoms with E-state index in [4.69, 9.17) is 19.3 Å². The summed E-state index contributed by atoms with van der Waals surface area (Å²) in [6.07, 6.45) is 2.63. The van der Waals surface area contributed by atoms with Crippen molar-refractivity contribution in [2.75, 3.05) is 43.2 Å². The number of hydrogen-bond acceptors (Lipinski definition) is 7. The molecule has 1 N–H and O–H groups in total. The van der Waals surface area contributed by atoms with Crippen LogP contribution in [0.15, 0.2) is 54.6 Å². The minimum Gasteiger partial charge on any atom is -0.494 e. The monoisotopic (exact) mass is 565 g/mol. The van der Waals surface area contributed by atoms with Crippen molar-refractivity contribution >= 4 is 21.5 Å². The second kappa shape index (κ2) is 11.8. The van der Waals surface area contributed by atoms with Crippen LogP contribution < -0.4 is 19.1 Å². The van der Waals surface area contributed by atoms with E-state index in [1.165, 1.54) is 17.5 Å². The molecule has 3 aromatic rings.